The lowest BCUT2D eigenvalue weighted by Crippen LogP contribution is -2.11. The van der Waals surface area contributed by atoms with Crippen molar-refractivity contribution in [1.82, 2.24) is 9.66 Å². The summed E-state index contributed by atoms with van der Waals surface area (Å²) in [7, 11) is 0. The molecular weight excluding hydrogens is 364 g/mol. The first kappa shape index (κ1) is 16.4. The summed E-state index contributed by atoms with van der Waals surface area (Å²) in [6.07, 6.45) is 5.15. The van der Waals surface area contributed by atoms with Gasteiger partial charge in [0.2, 0.25) is 4.80 Å². The Kier molecular flexibility index (Phi) is 4.72. The fourth-order valence-corrected chi connectivity index (χ4v) is 3.99. The SMILES string of the molecule is Oc1cccc(C=Nn2c(-c3cccs3)csc2=Nc2cccnc2)c1. The van der Waals surface area contributed by atoms with Gasteiger partial charge in [0, 0.05) is 11.6 Å². The van der Waals surface area contributed by atoms with Crippen LogP contribution in [0.25, 0.3) is 10.6 Å². The molecule has 0 radical (unpaired) electrons. The van der Waals surface area contributed by atoms with E-state index in [-0.39, 0.29) is 5.75 Å². The van der Waals surface area contributed by atoms with Gasteiger partial charge in [-0.05, 0) is 41.3 Å². The lowest BCUT2D eigenvalue weighted by atomic mass is 10.2. The van der Waals surface area contributed by atoms with Crippen LogP contribution in [-0.2, 0) is 0 Å². The Balaban J connectivity index is 1.82. The van der Waals surface area contributed by atoms with Crippen molar-refractivity contribution in [3.05, 3.63) is 82.0 Å². The van der Waals surface area contributed by atoms with Crippen LogP contribution in [0.4, 0.5) is 5.69 Å². The van der Waals surface area contributed by atoms with Crippen LogP contribution in [0.15, 0.2) is 81.8 Å². The van der Waals surface area contributed by atoms with Crippen LogP contribution in [0.1, 0.15) is 5.56 Å². The summed E-state index contributed by atoms with van der Waals surface area (Å²) in [5, 5.41) is 18.3. The van der Waals surface area contributed by atoms with Crippen molar-refractivity contribution >= 4 is 34.6 Å². The van der Waals surface area contributed by atoms with Gasteiger partial charge < -0.3 is 5.11 Å². The Hall–Kier alpha value is -3.03. The largest absolute Gasteiger partial charge is 0.508 e. The molecule has 0 unspecified atom stereocenters. The zero-order chi connectivity index (χ0) is 17.8. The minimum absolute atomic E-state index is 0.211. The summed E-state index contributed by atoms with van der Waals surface area (Å²) < 4.78 is 1.81. The monoisotopic (exact) mass is 378 g/mol. The average Bonchev–Trinajstić information content (AvgIpc) is 3.31. The summed E-state index contributed by atoms with van der Waals surface area (Å²) in [6, 6.07) is 14.8. The molecule has 4 rings (SSSR count). The molecule has 0 saturated carbocycles. The van der Waals surface area contributed by atoms with Gasteiger partial charge in [-0.1, -0.05) is 18.2 Å². The van der Waals surface area contributed by atoms with Gasteiger partial charge >= 0.3 is 0 Å². The van der Waals surface area contributed by atoms with Crippen LogP contribution in [0.3, 0.4) is 0 Å². The number of benzene rings is 1. The molecule has 0 aliphatic carbocycles. The minimum Gasteiger partial charge on any atom is -0.508 e. The lowest BCUT2D eigenvalue weighted by Gasteiger charge is -2.01. The zero-order valence-electron chi connectivity index (χ0n) is 13.6. The first-order valence-electron chi connectivity index (χ1n) is 7.82. The van der Waals surface area contributed by atoms with E-state index in [2.05, 4.69) is 21.1 Å². The fourth-order valence-electron chi connectivity index (χ4n) is 2.34. The van der Waals surface area contributed by atoms with Crippen molar-refractivity contribution in [3.8, 4) is 16.3 Å². The highest BCUT2D eigenvalue weighted by atomic mass is 32.1. The summed E-state index contributed by atoms with van der Waals surface area (Å²) in [5.74, 6) is 0.211. The topological polar surface area (TPSA) is 62.8 Å². The second-order valence-corrected chi connectivity index (χ2v) is 7.14. The molecule has 0 saturated heterocycles. The Labute approximate surface area is 157 Å². The van der Waals surface area contributed by atoms with Gasteiger partial charge in [-0.3, -0.25) is 4.98 Å². The molecule has 128 valence electrons. The van der Waals surface area contributed by atoms with E-state index in [1.807, 2.05) is 39.7 Å². The Bertz CT molecular complexity index is 1100. The maximum Gasteiger partial charge on any atom is 0.211 e. The van der Waals surface area contributed by atoms with E-state index in [1.54, 1.807) is 48.1 Å². The lowest BCUT2D eigenvalue weighted by molar-refractivity contribution is 0.475. The molecule has 1 aromatic carbocycles. The van der Waals surface area contributed by atoms with E-state index >= 15 is 0 Å². The Morgan fingerprint density at radius 3 is 2.81 bits per heavy atom. The van der Waals surface area contributed by atoms with Crippen molar-refractivity contribution in [2.45, 2.75) is 0 Å². The third kappa shape index (κ3) is 3.63. The number of pyridine rings is 1. The zero-order valence-corrected chi connectivity index (χ0v) is 15.2. The number of hydrogen-bond donors (Lipinski definition) is 1. The molecule has 1 N–H and O–H groups in total. The van der Waals surface area contributed by atoms with Crippen LogP contribution >= 0.6 is 22.7 Å². The first-order valence-corrected chi connectivity index (χ1v) is 9.58. The van der Waals surface area contributed by atoms with Gasteiger partial charge in [-0.15, -0.1) is 22.7 Å². The smallest absolute Gasteiger partial charge is 0.211 e. The van der Waals surface area contributed by atoms with Gasteiger partial charge in [-0.2, -0.15) is 5.10 Å². The number of phenolic OH excluding ortho intramolecular Hbond substituents is 1. The van der Waals surface area contributed by atoms with Crippen molar-refractivity contribution in [2.75, 3.05) is 0 Å². The highest BCUT2D eigenvalue weighted by molar-refractivity contribution is 7.14. The van der Waals surface area contributed by atoms with E-state index < -0.39 is 0 Å². The van der Waals surface area contributed by atoms with Crippen LogP contribution in [0, 0.1) is 0 Å². The van der Waals surface area contributed by atoms with Crippen molar-refractivity contribution in [2.24, 2.45) is 10.1 Å². The van der Waals surface area contributed by atoms with Crippen molar-refractivity contribution in [3.63, 3.8) is 0 Å². The molecule has 7 heteroatoms. The van der Waals surface area contributed by atoms with E-state index in [1.165, 1.54) is 11.3 Å². The van der Waals surface area contributed by atoms with Crippen LogP contribution < -0.4 is 4.80 Å². The highest BCUT2D eigenvalue weighted by Gasteiger charge is 2.08. The van der Waals surface area contributed by atoms with Gasteiger partial charge in [0.05, 0.1) is 28.7 Å². The molecular formula is C19H14N4OS2. The molecule has 4 aromatic rings. The van der Waals surface area contributed by atoms with Crippen molar-refractivity contribution in [1.29, 1.82) is 0 Å². The minimum atomic E-state index is 0.211. The van der Waals surface area contributed by atoms with E-state index in [0.717, 1.165) is 26.6 Å². The number of nitrogens with zero attached hydrogens (tertiary/aromatic N) is 4. The Morgan fingerprint density at radius 2 is 2.04 bits per heavy atom. The third-order valence-corrected chi connectivity index (χ3v) is 5.23. The second-order valence-electron chi connectivity index (χ2n) is 5.36. The van der Waals surface area contributed by atoms with Crippen molar-refractivity contribution < 1.29 is 5.11 Å². The molecule has 26 heavy (non-hydrogen) atoms. The molecule has 0 amide bonds. The predicted molar refractivity (Wildman–Crippen MR) is 106 cm³/mol. The molecule has 5 nitrogen and oxygen atoms in total. The van der Waals surface area contributed by atoms with E-state index in [9.17, 15) is 5.11 Å². The fraction of sp³-hybridized carbons (Fsp3) is 0. The maximum atomic E-state index is 9.63. The van der Waals surface area contributed by atoms with Gasteiger partial charge in [-0.25, -0.2) is 9.67 Å². The quantitative estimate of drug-likeness (QED) is 0.532. The summed E-state index contributed by atoms with van der Waals surface area (Å²) in [5.41, 5.74) is 2.56. The number of hydrogen-bond acceptors (Lipinski definition) is 6. The average molecular weight is 378 g/mol. The van der Waals surface area contributed by atoms with Crippen LogP contribution in [0.5, 0.6) is 5.75 Å². The molecule has 0 fully saturated rings. The molecule has 0 bridgehead atoms. The standard InChI is InChI=1S/C19H14N4OS2/c24-16-6-1-4-14(10-16)11-21-23-17(18-7-3-9-25-18)13-26-19(23)22-15-5-2-8-20-12-15/h1-13,24H. The highest BCUT2D eigenvalue weighted by Crippen LogP contribution is 2.25. The van der Waals surface area contributed by atoms with E-state index in [4.69, 9.17) is 0 Å². The van der Waals surface area contributed by atoms with E-state index in [0.29, 0.717) is 0 Å². The molecule has 0 aliphatic heterocycles. The molecule has 3 aromatic heterocycles. The van der Waals surface area contributed by atoms with Crippen LogP contribution in [0.2, 0.25) is 0 Å². The molecule has 0 aliphatic rings. The number of aromatic hydroxyl groups is 1. The summed E-state index contributed by atoms with van der Waals surface area (Å²) in [4.78, 5) is 10.6. The molecule has 0 spiro atoms. The van der Waals surface area contributed by atoms with Crippen LogP contribution in [-0.4, -0.2) is 21.0 Å². The number of aromatic nitrogens is 2. The van der Waals surface area contributed by atoms with Gasteiger partial charge in [0.15, 0.2) is 0 Å². The number of thiophene rings is 1. The molecule has 3 heterocycles. The Morgan fingerprint density at radius 1 is 1.08 bits per heavy atom. The summed E-state index contributed by atoms with van der Waals surface area (Å²) >= 11 is 3.17. The number of phenols is 1. The first-order chi connectivity index (χ1) is 12.8. The predicted octanol–water partition coefficient (Wildman–Crippen LogP) is 4.49. The normalized spacial score (nSPS) is 12.1. The number of thiazole rings is 1. The second kappa shape index (κ2) is 7.47. The number of rotatable bonds is 4. The van der Waals surface area contributed by atoms with Gasteiger partial charge in [0.1, 0.15) is 5.75 Å². The summed E-state index contributed by atoms with van der Waals surface area (Å²) in [6.45, 7) is 0. The third-order valence-electron chi connectivity index (χ3n) is 3.52. The maximum absolute atomic E-state index is 9.63. The molecule has 0 atom stereocenters. The van der Waals surface area contributed by atoms with Gasteiger partial charge in [0.25, 0.3) is 0 Å².